The van der Waals surface area contributed by atoms with E-state index in [0.717, 1.165) is 31.3 Å². The fraction of sp³-hybridized carbons (Fsp3) is 0.619. The third-order valence-electron chi connectivity index (χ3n) is 5.77. The van der Waals surface area contributed by atoms with Gasteiger partial charge in [0.25, 0.3) is 0 Å². The molecule has 0 aromatic heterocycles. The fourth-order valence-electron chi connectivity index (χ4n) is 4.34. The number of hydrogen-bond donors (Lipinski definition) is 0. The van der Waals surface area contributed by atoms with E-state index in [9.17, 15) is 8.78 Å². The molecule has 3 rings (SSSR count). The molecular formula is C21H27F3O. The molecule has 0 unspecified atom stereocenters. The van der Waals surface area contributed by atoms with Crippen LogP contribution in [0.4, 0.5) is 13.2 Å². The van der Waals surface area contributed by atoms with Crippen LogP contribution >= 0.6 is 0 Å². The summed E-state index contributed by atoms with van der Waals surface area (Å²) in [4.78, 5) is 0. The van der Waals surface area contributed by atoms with E-state index in [-0.39, 0.29) is 35.1 Å². The molecule has 0 spiro atoms. The lowest BCUT2D eigenvalue weighted by molar-refractivity contribution is 0.00561. The van der Waals surface area contributed by atoms with Gasteiger partial charge in [0.2, 0.25) is 0 Å². The quantitative estimate of drug-likeness (QED) is 0.344. The predicted molar refractivity (Wildman–Crippen MR) is 93.5 cm³/mol. The molecule has 2 aliphatic rings. The number of halogens is 3. The molecule has 4 heteroatoms. The summed E-state index contributed by atoms with van der Waals surface area (Å²) in [5.74, 6) is -3.08. The van der Waals surface area contributed by atoms with Crippen LogP contribution in [0.15, 0.2) is 11.6 Å². The van der Waals surface area contributed by atoms with E-state index in [4.69, 9.17) is 4.74 Å². The van der Waals surface area contributed by atoms with Crippen LogP contribution in [-0.4, -0.2) is 5.60 Å². The zero-order valence-electron chi connectivity index (χ0n) is 15.5. The molecule has 0 radical (unpaired) electrons. The van der Waals surface area contributed by atoms with Gasteiger partial charge in [-0.1, -0.05) is 31.4 Å². The van der Waals surface area contributed by atoms with Crippen LogP contribution in [0.5, 0.6) is 5.75 Å². The Bertz CT molecular complexity index is 706. The Morgan fingerprint density at radius 2 is 1.84 bits per heavy atom. The van der Waals surface area contributed by atoms with Crippen molar-refractivity contribution < 1.29 is 17.9 Å². The van der Waals surface area contributed by atoms with E-state index in [1.165, 1.54) is 0 Å². The molecule has 0 saturated carbocycles. The van der Waals surface area contributed by atoms with Crippen molar-refractivity contribution in [3.05, 3.63) is 40.2 Å². The highest BCUT2D eigenvalue weighted by Gasteiger charge is 2.47. The Kier molecular flexibility index (Phi) is 4.91. The second-order valence-corrected chi connectivity index (χ2v) is 8.01. The molecule has 1 nitrogen and oxygen atoms in total. The third-order valence-corrected chi connectivity index (χ3v) is 5.77. The van der Waals surface area contributed by atoms with Crippen molar-refractivity contribution in [3.8, 4) is 5.75 Å². The van der Waals surface area contributed by atoms with Crippen molar-refractivity contribution in [2.45, 2.75) is 77.7 Å². The Morgan fingerprint density at radius 3 is 2.52 bits per heavy atom. The summed E-state index contributed by atoms with van der Waals surface area (Å²) in [5, 5.41) is 0. The highest BCUT2D eigenvalue weighted by Crippen LogP contribution is 2.53. The molecule has 0 bridgehead atoms. The van der Waals surface area contributed by atoms with Crippen LogP contribution in [0.2, 0.25) is 0 Å². The Balaban J connectivity index is 2.14. The maximum Gasteiger partial charge on any atom is 0.171 e. The molecule has 0 fully saturated rings. The maximum atomic E-state index is 15.1. The fourth-order valence-corrected chi connectivity index (χ4v) is 4.34. The summed E-state index contributed by atoms with van der Waals surface area (Å²) >= 11 is 0. The summed E-state index contributed by atoms with van der Waals surface area (Å²) in [5.41, 5.74) is 0.422. The molecule has 1 aliphatic carbocycles. The van der Waals surface area contributed by atoms with Gasteiger partial charge in [-0.3, -0.25) is 0 Å². The maximum absolute atomic E-state index is 15.1. The van der Waals surface area contributed by atoms with Gasteiger partial charge in [0, 0.05) is 23.0 Å². The van der Waals surface area contributed by atoms with Gasteiger partial charge in [0.15, 0.2) is 23.2 Å². The van der Waals surface area contributed by atoms with Gasteiger partial charge in [-0.2, -0.15) is 0 Å². The second-order valence-electron chi connectivity index (χ2n) is 8.01. The van der Waals surface area contributed by atoms with Crippen molar-refractivity contribution in [2.24, 2.45) is 5.92 Å². The number of allylic oxidation sites excluding steroid dienone is 2. The number of hydrogen-bond acceptors (Lipinski definition) is 1. The van der Waals surface area contributed by atoms with E-state index < -0.39 is 23.1 Å². The molecule has 0 amide bonds. The molecular weight excluding hydrogens is 325 g/mol. The Labute approximate surface area is 148 Å². The van der Waals surface area contributed by atoms with Crippen LogP contribution in [0.3, 0.4) is 0 Å². The molecule has 0 saturated heterocycles. The van der Waals surface area contributed by atoms with E-state index in [1.54, 1.807) is 0 Å². The van der Waals surface area contributed by atoms with Crippen LogP contribution < -0.4 is 4.74 Å². The van der Waals surface area contributed by atoms with Crippen molar-refractivity contribution in [1.29, 1.82) is 0 Å². The minimum absolute atomic E-state index is 0.0166. The molecule has 1 heterocycles. The van der Waals surface area contributed by atoms with Crippen LogP contribution in [0.1, 0.15) is 76.8 Å². The third kappa shape index (κ3) is 3.09. The molecule has 1 aromatic rings. The number of rotatable bonds is 4. The van der Waals surface area contributed by atoms with Gasteiger partial charge < -0.3 is 4.74 Å². The van der Waals surface area contributed by atoms with Crippen LogP contribution in [0.25, 0.3) is 0 Å². The molecule has 1 aliphatic heterocycles. The predicted octanol–water partition coefficient (Wildman–Crippen LogP) is 6.45. The molecule has 2 atom stereocenters. The van der Waals surface area contributed by atoms with Crippen molar-refractivity contribution in [3.63, 3.8) is 0 Å². The summed E-state index contributed by atoms with van der Waals surface area (Å²) in [7, 11) is 0. The van der Waals surface area contributed by atoms with E-state index in [2.05, 4.69) is 0 Å². The highest BCUT2D eigenvalue weighted by molar-refractivity contribution is 5.49. The normalized spacial score (nSPS) is 24.2. The summed E-state index contributed by atoms with van der Waals surface area (Å²) in [6.07, 6.45) is 6.34. The van der Waals surface area contributed by atoms with Gasteiger partial charge in [0.1, 0.15) is 5.60 Å². The molecule has 0 N–H and O–H groups in total. The zero-order valence-corrected chi connectivity index (χ0v) is 15.5. The van der Waals surface area contributed by atoms with E-state index in [1.807, 2.05) is 33.8 Å². The standard InChI is InChI=1S/C21H27F3O/c1-5-6-7-8-13-17(22)19(24)16-14-11-12(2)9-10-15(14)21(3,4)25-20(16)18(13)23/h11,14-15H,5-10H2,1-4H3/t14-,15-/m0/s1. The summed E-state index contributed by atoms with van der Waals surface area (Å²) in [6.45, 7) is 7.84. The topological polar surface area (TPSA) is 9.23 Å². The lowest BCUT2D eigenvalue weighted by Crippen LogP contribution is -2.46. The van der Waals surface area contributed by atoms with Gasteiger partial charge in [-0.15, -0.1) is 0 Å². The average molecular weight is 352 g/mol. The SMILES string of the molecule is CCCCCc1c(F)c(F)c2c(c1F)OC(C)(C)[C@H]1CCC(C)=C[C@H]21. The number of fused-ring (bicyclic) bond motifs is 3. The smallest absolute Gasteiger partial charge is 0.171 e. The van der Waals surface area contributed by atoms with Crippen LogP contribution in [-0.2, 0) is 6.42 Å². The lowest BCUT2D eigenvalue weighted by atomic mass is 9.68. The van der Waals surface area contributed by atoms with Crippen molar-refractivity contribution >= 4 is 0 Å². The lowest BCUT2D eigenvalue weighted by Gasteiger charge is -2.46. The Morgan fingerprint density at radius 1 is 1.12 bits per heavy atom. The van der Waals surface area contributed by atoms with Gasteiger partial charge in [-0.25, -0.2) is 13.2 Å². The van der Waals surface area contributed by atoms with E-state index in [0.29, 0.717) is 6.42 Å². The largest absolute Gasteiger partial charge is 0.484 e. The summed E-state index contributed by atoms with van der Waals surface area (Å²) in [6, 6.07) is 0. The van der Waals surface area contributed by atoms with Crippen molar-refractivity contribution in [1.82, 2.24) is 0 Å². The average Bonchev–Trinajstić information content (AvgIpc) is 2.55. The van der Waals surface area contributed by atoms with Gasteiger partial charge in [0.05, 0.1) is 0 Å². The first-order valence-corrected chi connectivity index (χ1v) is 9.33. The van der Waals surface area contributed by atoms with Gasteiger partial charge in [-0.05, 0) is 46.5 Å². The minimum atomic E-state index is -1.04. The number of benzene rings is 1. The first kappa shape index (κ1) is 18.3. The Hall–Kier alpha value is -1.45. The number of ether oxygens (including phenoxy) is 1. The van der Waals surface area contributed by atoms with Crippen LogP contribution in [0, 0.1) is 23.4 Å². The molecule has 1 aromatic carbocycles. The minimum Gasteiger partial charge on any atom is -0.484 e. The summed E-state index contributed by atoms with van der Waals surface area (Å²) < 4.78 is 50.6. The molecule has 138 valence electrons. The van der Waals surface area contributed by atoms with Gasteiger partial charge >= 0.3 is 0 Å². The molecule has 25 heavy (non-hydrogen) atoms. The van der Waals surface area contributed by atoms with Crippen molar-refractivity contribution in [2.75, 3.05) is 0 Å². The first-order valence-electron chi connectivity index (χ1n) is 9.33. The monoisotopic (exact) mass is 352 g/mol. The zero-order chi connectivity index (χ0) is 18.4. The second kappa shape index (κ2) is 6.69. The number of unbranched alkanes of at least 4 members (excludes halogenated alkanes) is 2. The van der Waals surface area contributed by atoms with E-state index >= 15 is 4.39 Å². The first-order chi connectivity index (χ1) is 11.8. The highest BCUT2D eigenvalue weighted by atomic mass is 19.2.